The maximum atomic E-state index is 14.1. The van der Waals surface area contributed by atoms with Crippen LogP contribution in [0.3, 0.4) is 0 Å². The molecule has 3 N–H and O–H groups in total. The molecule has 1 saturated carbocycles. The number of aromatic nitrogens is 4. The monoisotopic (exact) mass is 504 g/mol. The number of aliphatic carboxylic acids is 1. The van der Waals surface area contributed by atoms with Crippen molar-refractivity contribution in [3.05, 3.63) is 23.0 Å². The molecule has 0 radical (unpaired) electrons. The number of hydrogen-bond donors (Lipinski definition) is 3. The van der Waals surface area contributed by atoms with Crippen LogP contribution in [0.1, 0.15) is 36.9 Å². The quantitative estimate of drug-likeness (QED) is 0.404. The highest BCUT2D eigenvalue weighted by atomic mass is 32.2. The maximum Gasteiger partial charge on any atom is 0.338 e. The summed E-state index contributed by atoms with van der Waals surface area (Å²) in [4.78, 5) is 15.2. The lowest BCUT2D eigenvalue weighted by Crippen LogP contribution is -2.34. The number of sulfonamides is 1. The van der Waals surface area contributed by atoms with Gasteiger partial charge in [-0.2, -0.15) is 0 Å². The Morgan fingerprint density at radius 1 is 1.33 bits per heavy atom. The second-order valence-electron chi connectivity index (χ2n) is 7.86. The lowest BCUT2D eigenvalue weighted by atomic mass is 10.2. The van der Waals surface area contributed by atoms with E-state index >= 15 is 0 Å². The molecule has 0 bridgehead atoms. The van der Waals surface area contributed by atoms with E-state index in [0.29, 0.717) is 24.2 Å². The predicted octanol–water partition coefficient (Wildman–Crippen LogP) is 2.63. The van der Waals surface area contributed by atoms with Gasteiger partial charge in [0.1, 0.15) is 4.90 Å². The number of fused-ring (bicyclic) bond motifs is 1. The third kappa shape index (κ3) is 4.52. The van der Waals surface area contributed by atoms with Crippen LogP contribution in [0.4, 0.5) is 18.9 Å². The summed E-state index contributed by atoms with van der Waals surface area (Å²) in [5, 5.41) is 18.3. The highest BCUT2D eigenvalue weighted by molar-refractivity contribution is 7.89. The number of carbonyl (C=O) groups is 1. The highest BCUT2D eigenvalue weighted by Gasteiger charge is 2.41. The van der Waals surface area contributed by atoms with Crippen molar-refractivity contribution in [2.24, 2.45) is 0 Å². The number of pyridine rings is 1. The van der Waals surface area contributed by atoms with E-state index in [-0.39, 0.29) is 32.6 Å². The normalized spacial score (nSPS) is 16.3. The molecule has 10 nitrogen and oxygen atoms in total. The number of alkyl halides is 3. The molecule has 33 heavy (non-hydrogen) atoms. The maximum absolute atomic E-state index is 14.1. The van der Waals surface area contributed by atoms with E-state index in [4.69, 9.17) is 5.11 Å². The molecule has 1 aliphatic carbocycles. The summed E-state index contributed by atoms with van der Waals surface area (Å²) in [6, 6.07) is 1.32. The zero-order chi connectivity index (χ0) is 24.1. The van der Waals surface area contributed by atoms with Crippen LogP contribution in [0.2, 0.25) is 0 Å². The molecule has 4 rings (SSSR count). The fraction of sp³-hybridized carbons (Fsp3) is 0.444. The Morgan fingerprint density at radius 3 is 2.58 bits per heavy atom. The smallest absolute Gasteiger partial charge is 0.338 e. The summed E-state index contributed by atoms with van der Waals surface area (Å²) in [6.07, 6.45) is -3.21. The fourth-order valence-electron chi connectivity index (χ4n) is 3.24. The van der Waals surface area contributed by atoms with E-state index in [0.717, 1.165) is 0 Å². The Hall–Kier alpha value is -2.78. The zero-order valence-electron chi connectivity index (χ0n) is 17.3. The first-order valence-corrected chi connectivity index (χ1v) is 12.0. The average molecular weight is 505 g/mol. The fourth-order valence-corrected chi connectivity index (χ4v) is 5.41. The molecular formula is C18H19F3N6O4S2. The van der Waals surface area contributed by atoms with Gasteiger partial charge < -0.3 is 10.4 Å². The van der Waals surface area contributed by atoms with Crippen molar-refractivity contribution in [3.8, 4) is 10.8 Å². The van der Waals surface area contributed by atoms with E-state index in [1.165, 1.54) is 23.7 Å². The number of nitrogens with one attached hydrogen (secondary N) is 2. The van der Waals surface area contributed by atoms with Crippen molar-refractivity contribution < 1.29 is 31.5 Å². The van der Waals surface area contributed by atoms with Crippen LogP contribution in [0.25, 0.3) is 16.3 Å². The van der Waals surface area contributed by atoms with E-state index in [1.54, 1.807) is 6.92 Å². The van der Waals surface area contributed by atoms with Gasteiger partial charge in [0, 0.05) is 25.2 Å². The first-order chi connectivity index (χ1) is 15.4. The minimum Gasteiger partial charge on any atom is -0.479 e. The van der Waals surface area contributed by atoms with Gasteiger partial charge >= 0.3 is 5.97 Å². The summed E-state index contributed by atoms with van der Waals surface area (Å²) in [6.45, 7) is 1.77. The number of nitrogens with zero attached hydrogens (tertiary/aromatic N) is 4. The van der Waals surface area contributed by atoms with Crippen LogP contribution in [0.15, 0.2) is 17.2 Å². The number of hydrogen-bond acceptors (Lipinski definition) is 8. The van der Waals surface area contributed by atoms with Crippen LogP contribution in [-0.2, 0) is 21.2 Å². The van der Waals surface area contributed by atoms with Crippen LogP contribution < -0.4 is 10.0 Å². The van der Waals surface area contributed by atoms with E-state index < -0.39 is 45.6 Å². The van der Waals surface area contributed by atoms with Gasteiger partial charge in [-0.3, -0.25) is 4.40 Å². The molecule has 1 fully saturated rings. The van der Waals surface area contributed by atoms with Crippen molar-refractivity contribution in [2.45, 2.75) is 49.2 Å². The van der Waals surface area contributed by atoms with Crippen LogP contribution >= 0.6 is 11.3 Å². The molecule has 0 aliphatic heterocycles. The second kappa shape index (κ2) is 8.22. The summed E-state index contributed by atoms with van der Waals surface area (Å²) >= 11 is 0.543. The molecule has 0 spiro atoms. The largest absolute Gasteiger partial charge is 0.479 e. The topological polar surface area (TPSA) is 139 Å². The molecule has 0 saturated heterocycles. The molecule has 1 aliphatic rings. The molecule has 3 heterocycles. The molecule has 0 aromatic carbocycles. The van der Waals surface area contributed by atoms with Crippen molar-refractivity contribution in [2.75, 3.05) is 12.4 Å². The molecule has 3 aromatic rings. The number of imidazole rings is 1. The van der Waals surface area contributed by atoms with E-state index in [2.05, 4.69) is 25.2 Å². The molecule has 178 valence electrons. The lowest BCUT2D eigenvalue weighted by Gasteiger charge is -2.15. The van der Waals surface area contributed by atoms with Crippen molar-refractivity contribution in [3.63, 3.8) is 0 Å². The Bertz CT molecular complexity index is 1340. The summed E-state index contributed by atoms with van der Waals surface area (Å²) < 4.78 is 70.0. The van der Waals surface area contributed by atoms with Crippen LogP contribution in [0, 0.1) is 0 Å². The van der Waals surface area contributed by atoms with Crippen LogP contribution in [-0.4, -0.2) is 57.8 Å². The Labute approximate surface area is 189 Å². The van der Waals surface area contributed by atoms with Crippen LogP contribution in [0.5, 0.6) is 0 Å². The Balaban J connectivity index is 1.93. The number of carboxylic acids is 1. The summed E-state index contributed by atoms with van der Waals surface area (Å²) in [5.41, 5.74) is -0.139. The number of halogens is 3. The van der Waals surface area contributed by atoms with Gasteiger partial charge in [-0.15, -0.1) is 10.2 Å². The third-order valence-electron chi connectivity index (χ3n) is 5.20. The van der Waals surface area contributed by atoms with Gasteiger partial charge in [0.15, 0.2) is 15.8 Å². The molecule has 1 unspecified atom stereocenters. The average Bonchev–Trinajstić information content (AvgIpc) is 3.15. The predicted molar refractivity (Wildman–Crippen MR) is 113 cm³/mol. The molecule has 15 heteroatoms. The van der Waals surface area contributed by atoms with Crippen molar-refractivity contribution in [1.82, 2.24) is 24.3 Å². The standard InChI is InChI=1S/C18H19F3N6O4S2/c1-18(3-4-18)26-33(30,31)8-5-10(22-2)12-11(6-9(19)17(28)29)23-14(27(12)7-8)16-25-24-15(32-16)13(20)21/h5,7,9,13,22,26H,3-4,6H2,1-2H3,(H,28,29). The van der Waals surface area contributed by atoms with Crippen molar-refractivity contribution >= 4 is 38.5 Å². The van der Waals surface area contributed by atoms with Gasteiger partial charge in [-0.25, -0.2) is 36.1 Å². The number of anilines is 1. The van der Waals surface area contributed by atoms with Gasteiger partial charge in [0.25, 0.3) is 6.43 Å². The van der Waals surface area contributed by atoms with Gasteiger partial charge in [-0.1, -0.05) is 11.3 Å². The first kappa shape index (κ1) is 23.4. The van der Waals surface area contributed by atoms with Crippen molar-refractivity contribution in [1.29, 1.82) is 0 Å². The molecule has 3 aromatic heterocycles. The first-order valence-electron chi connectivity index (χ1n) is 9.69. The summed E-state index contributed by atoms with van der Waals surface area (Å²) in [7, 11) is -2.47. The minimum absolute atomic E-state index is 0.0101. The van der Waals surface area contributed by atoms with Gasteiger partial charge in [-0.05, 0) is 25.8 Å². The lowest BCUT2D eigenvalue weighted by molar-refractivity contribution is -0.142. The third-order valence-corrected chi connectivity index (χ3v) is 7.73. The van der Waals surface area contributed by atoms with Gasteiger partial charge in [0.05, 0.1) is 16.9 Å². The minimum atomic E-state index is -3.97. The summed E-state index contributed by atoms with van der Waals surface area (Å²) in [5.74, 6) is -1.76. The molecular weight excluding hydrogens is 485 g/mol. The highest BCUT2D eigenvalue weighted by Crippen LogP contribution is 2.37. The molecule has 0 amide bonds. The Kier molecular flexibility index (Phi) is 5.82. The molecule has 1 atom stereocenters. The van der Waals surface area contributed by atoms with Gasteiger partial charge in [0.2, 0.25) is 16.2 Å². The second-order valence-corrected chi connectivity index (χ2v) is 10.6. The zero-order valence-corrected chi connectivity index (χ0v) is 19.0. The number of rotatable bonds is 9. The Morgan fingerprint density at radius 2 is 2.03 bits per heavy atom. The van der Waals surface area contributed by atoms with E-state index in [1.807, 2.05) is 0 Å². The number of carboxylic acid groups (broad SMARTS) is 1. The SMILES string of the molecule is CNc1cc(S(=O)(=O)NC2(C)CC2)cn2c(-c3nnc(C(F)F)s3)nc(CC(F)C(=O)O)c12. The van der Waals surface area contributed by atoms with E-state index in [9.17, 15) is 26.4 Å².